The first-order chi connectivity index (χ1) is 16.4. The van der Waals surface area contributed by atoms with E-state index in [2.05, 4.69) is 15.2 Å². The van der Waals surface area contributed by atoms with E-state index in [0.717, 1.165) is 18.5 Å². The minimum absolute atomic E-state index is 0.0168. The summed E-state index contributed by atoms with van der Waals surface area (Å²) in [6.07, 6.45) is 1.07. The maximum Gasteiger partial charge on any atom is 0.418 e. The number of aromatic amines is 1. The molecule has 4 rings (SSSR count). The van der Waals surface area contributed by atoms with E-state index in [0.29, 0.717) is 36.2 Å². The molecule has 0 saturated carbocycles. The number of hydrogen-bond donors (Lipinski definition) is 3. The molecule has 2 unspecified atom stereocenters. The third-order valence-corrected chi connectivity index (χ3v) is 5.39. The number of aliphatic hydroxyl groups is 1. The summed E-state index contributed by atoms with van der Waals surface area (Å²) in [4.78, 5) is 17.1. The second-order valence-corrected chi connectivity index (χ2v) is 8.26. The fourth-order valence-electron chi connectivity index (χ4n) is 3.77. The van der Waals surface area contributed by atoms with Gasteiger partial charge in [-0.05, 0) is 61.4 Å². The van der Waals surface area contributed by atoms with E-state index >= 15 is 0 Å². The lowest BCUT2D eigenvalue weighted by molar-refractivity contribution is 0.0722. The first-order valence-corrected chi connectivity index (χ1v) is 11.1. The Kier molecular flexibility index (Phi) is 7.66. The molecule has 180 valence electrons. The number of carbonyl (C=O) groups excluding carboxylic acids is 1. The standard InChI is InChI=1S/C25H28FN3O5/c1-17-4-9-22(28-25(31)34-24-3-2-11-27-24)23(13-17)32-16-19(30)14-29-12-10-21(15-29)33-20-7-5-18(26)6-8-20/h2-9,11,13,19,21,27,30H,10,12,14-16H2,1H3,(H,28,31). The summed E-state index contributed by atoms with van der Waals surface area (Å²) in [7, 11) is 0. The van der Waals surface area contributed by atoms with Crippen molar-refractivity contribution in [2.24, 2.45) is 0 Å². The van der Waals surface area contributed by atoms with Crippen LogP contribution in [0.1, 0.15) is 12.0 Å². The van der Waals surface area contributed by atoms with Gasteiger partial charge in [0.25, 0.3) is 0 Å². The van der Waals surface area contributed by atoms with Crippen molar-refractivity contribution in [1.29, 1.82) is 0 Å². The van der Waals surface area contributed by atoms with Gasteiger partial charge in [-0.15, -0.1) is 0 Å². The number of benzene rings is 2. The molecule has 9 heteroatoms. The van der Waals surface area contributed by atoms with E-state index in [4.69, 9.17) is 14.2 Å². The third kappa shape index (κ3) is 6.72. The van der Waals surface area contributed by atoms with Gasteiger partial charge in [0.15, 0.2) is 0 Å². The van der Waals surface area contributed by atoms with Gasteiger partial charge in [0.1, 0.15) is 36.1 Å². The molecule has 1 fully saturated rings. The van der Waals surface area contributed by atoms with Crippen LogP contribution in [-0.2, 0) is 0 Å². The van der Waals surface area contributed by atoms with Gasteiger partial charge in [0.2, 0.25) is 5.88 Å². The Hall–Kier alpha value is -3.56. The summed E-state index contributed by atoms with van der Waals surface area (Å²) in [5.74, 6) is 1.11. The quantitative estimate of drug-likeness (QED) is 0.439. The van der Waals surface area contributed by atoms with Crippen LogP contribution >= 0.6 is 0 Å². The van der Waals surface area contributed by atoms with E-state index in [9.17, 15) is 14.3 Å². The van der Waals surface area contributed by atoms with Crippen molar-refractivity contribution in [2.45, 2.75) is 25.6 Å². The predicted octanol–water partition coefficient (Wildman–Crippen LogP) is 3.97. The summed E-state index contributed by atoms with van der Waals surface area (Å²) in [6, 6.07) is 14.7. The zero-order valence-corrected chi connectivity index (χ0v) is 18.9. The van der Waals surface area contributed by atoms with Crippen LogP contribution in [0.4, 0.5) is 14.9 Å². The number of β-amino-alcohol motifs (C(OH)–C–C–N with tert-alkyl or cyclic N) is 1. The Labute approximate surface area is 197 Å². The summed E-state index contributed by atoms with van der Waals surface area (Å²) in [6.45, 7) is 3.84. The number of H-pyrrole nitrogens is 1. The second-order valence-electron chi connectivity index (χ2n) is 8.26. The van der Waals surface area contributed by atoms with Crippen molar-refractivity contribution in [3.05, 3.63) is 72.2 Å². The number of aromatic nitrogens is 1. The maximum absolute atomic E-state index is 13.1. The molecule has 0 aliphatic carbocycles. The molecule has 2 heterocycles. The molecular formula is C25H28FN3O5. The zero-order valence-electron chi connectivity index (χ0n) is 18.9. The molecule has 1 aliphatic rings. The number of amides is 1. The third-order valence-electron chi connectivity index (χ3n) is 5.39. The van der Waals surface area contributed by atoms with Crippen molar-refractivity contribution in [3.8, 4) is 17.4 Å². The van der Waals surface area contributed by atoms with Crippen LogP contribution in [0.15, 0.2) is 60.8 Å². The van der Waals surface area contributed by atoms with Crippen LogP contribution < -0.4 is 19.5 Å². The molecule has 0 radical (unpaired) electrons. The number of likely N-dealkylation sites (tertiary alicyclic amines) is 1. The topological polar surface area (TPSA) is 96.0 Å². The first-order valence-electron chi connectivity index (χ1n) is 11.1. The molecule has 1 aliphatic heterocycles. The normalized spacial score (nSPS) is 16.7. The van der Waals surface area contributed by atoms with Gasteiger partial charge >= 0.3 is 6.09 Å². The molecule has 1 aromatic heterocycles. The van der Waals surface area contributed by atoms with Gasteiger partial charge in [-0.25, -0.2) is 9.18 Å². The Morgan fingerprint density at radius 3 is 2.85 bits per heavy atom. The average Bonchev–Trinajstić information content (AvgIpc) is 3.47. The Morgan fingerprint density at radius 1 is 1.26 bits per heavy atom. The highest BCUT2D eigenvalue weighted by Gasteiger charge is 2.26. The molecule has 3 aromatic rings. The molecule has 34 heavy (non-hydrogen) atoms. The van der Waals surface area contributed by atoms with E-state index in [1.54, 1.807) is 42.6 Å². The van der Waals surface area contributed by atoms with Crippen molar-refractivity contribution in [1.82, 2.24) is 9.88 Å². The summed E-state index contributed by atoms with van der Waals surface area (Å²) in [5, 5.41) is 13.2. The smallest absolute Gasteiger partial charge is 0.418 e. The first kappa shape index (κ1) is 23.6. The highest BCUT2D eigenvalue weighted by molar-refractivity contribution is 5.88. The number of anilines is 1. The Bertz CT molecular complexity index is 1070. The lowest BCUT2D eigenvalue weighted by Crippen LogP contribution is -2.35. The number of ether oxygens (including phenoxy) is 3. The fraction of sp³-hybridized carbons (Fsp3) is 0.320. The highest BCUT2D eigenvalue weighted by atomic mass is 19.1. The predicted molar refractivity (Wildman–Crippen MR) is 125 cm³/mol. The molecule has 0 bridgehead atoms. The number of aryl methyl sites for hydroxylation is 1. The largest absolute Gasteiger partial charge is 0.489 e. The van der Waals surface area contributed by atoms with Crippen LogP contribution in [-0.4, -0.2) is 59.5 Å². The molecule has 2 atom stereocenters. The summed E-state index contributed by atoms with van der Waals surface area (Å²) < 4.78 is 30.0. The van der Waals surface area contributed by atoms with Gasteiger partial charge in [-0.2, -0.15) is 0 Å². The number of aliphatic hydroxyl groups excluding tert-OH is 1. The van der Waals surface area contributed by atoms with Gasteiger partial charge < -0.3 is 24.3 Å². The second kappa shape index (κ2) is 11.0. The van der Waals surface area contributed by atoms with Crippen molar-refractivity contribution < 1.29 is 28.5 Å². The SMILES string of the molecule is Cc1ccc(NC(=O)Oc2ccc[nH]2)c(OCC(O)CN2CCC(Oc3ccc(F)cc3)C2)c1. The lowest BCUT2D eigenvalue weighted by Gasteiger charge is -2.21. The lowest BCUT2D eigenvalue weighted by atomic mass is 10.2. The summed E-state index contributed by atoms with van der Waals surface area (Å²) in [5.41, 5.74) is 1.40. The number of halogens is 1. The highest BCUT2D eigenvalue weighted by Crippen LogP contribution is 2.26. The van der Waals surface area contributed by atoms with Crippen LogP contribution in [0.5, 0.6) is 17.4 Å². The van der Waals surface area contributed by atoms with Crippen LogP contribution in [0.25, 0.3) is 0 Å². The molecule has 0 spiro atoms. The van der Waals surface area contributed by atoms with Crippen molar-refractivity contribution in [3.63, 3.8) is 0 Å². The van der Waals surface area contributed by atoms with Gasteiger partial charge in [-0.3, -0.25) is 10.2 Å². The number of rotatable bonds is 9. The fourth-order valence-corrected chi connectivity index (χ4v) is 3.77. The van der Waals surface area contributed by atoms with Gasteiger partial charge in [-0.1, -0.05) is 6.07 Å². The molecule has 2 aromatic carbocycles. The Balaban J connectivity index is 1.25. The van der Waals surface area contributed by atoms with Crippen molar-refractivity contribution in [2.75, 3.05) is 31.6 Å². The van der Waals surface area contributed by atoms with E-state index in [1.807, 2.05) is 13.0 Å². The van der Waals surface area contributed by atoms with Crippen LogP contribution in [0.3, 0.4) is 0 Å². The van der Waals surface area contributed by atoms with Crippen LogP contribution in [0, 0.1) is 12.7 Å². The zero-order chi connectivity index (χ0) is 23.9. The van der Waals surface area contributed by atoms with E-state index < -0.39 is 12.2 Å². The monoisotopic (exact) mass is 469 g/mol. The van der Waals surface area contributed by atoms with Gasteiger partial charge in [0.05, 0.1) is 5.69 Å². The number of hydrogen-bond acceptors (Lipinski definition) is 6. The number of carbonyl (C=O) groups is 1. The average molecular weight is 470 g/mol. The molecular weight excluding hydrogens is 441 g/mol. The van der Waals surface area contributed by atoms with E-state index in [1.165, 1.54) is 12.1 Å². The number of nitrogens with zero attached hydrogens (tertiary/aromatic N) is 1. The Morgan fingerprint density at radius 2 is 2.09 bits per heavy atom. The molecule has 3 N–H and O–H groups in total. The minimum atomic E-state index is -0.733. The van der Waals surface area contributed by atoms with Gasteiger partial charge in [0, 0.05) is 31.9 Å². The maximum atomic E-state index is 13.1. The van der Waals surface area contributed by atoms with E-state index in [-0.39, 0.29) is 18.5 Å². The molecule has 1 saturated heterocycles. The van der Waals surface area contributed by atoms with Crippen LogP contribution in [0.2, 0.25) is 0 Å². The number of nitrogens with one attached hydrogen (secondary N) is 2. The molecule has 1 amide bonds. The minimum Gasteiger partial charge on any atom is -0.489 e. The summed E-state index contributed by atoms with van der Waals surface area (Å²) >= 11 is 0. The molecule has 8 nitrogen and oxygen atoms in total. The van der Waals surface area contributed by atoms with Crippen molar-refractivity contribution >= 4 is 11.8 Å².